The van der Waals surface area contributed by atoms with Gasteiger partial charge in [0.15, 0.2) is 0 Å². The van der Waals surface area contributed by atoms with Gasteiger partial charge in [0.2, 0.25) is 0 Å². The van der Waals surface area contributed by atoms with Gasteiger partial charge in [0.25, 0.3) is 0 Å². The predicted molar refractivity (Wildman–Crippen MR) is 60.6 cm³/mol. The normalized spacial score (nSPS) is 17.0. The van der Waals surface area contributed by atoms with Crippen molar-refractivity contribution < 1.29 is 19.0 Å². The van der Waals surface area contributed by atoms with E-state index in [4.69, 9.17) is 9.84 Å². The van der Waals surface area contributed by atoms with Crippen molar-refractivity contribution in [3.63, 3.8) is 0 Å². The predicted octanol–water partition coefficient (Wildman–Crippen LogP) is 2.49. The average Bonchev–Trinajstić information content (AvgIpc) is 2.32. The largest absolute Gasteiger partial charge is 0.478 e. The van der Waals surface area contributed by atoms with Crippen LogP contribution >= 0.6 is 0 Å². The van der Waals surface area contributed by atoms with E-state index in [0.717, 1.165) is 38.0 Å². The lowest BCUT2D eigenvalue weighted by atomic mass is 9.92. The maximum atomic E-state index is 13.2. The summed E-state index contributed by atoms with van der Waals surface area (Å²) in [6, 6.07) is 4.34. The van der Waals surface area contributed by atoms with Gasteiger partial charge in [-0.1, -0.05) is 6.07 Å². The lowest BCUT2D eigenvalue weighted by Gasteiger charge is -2.22. The molecule has 0 amide bonds. The topological polar surface area (TPSA) is 46.5 Å². The third-order valence-electron chi connectivity index (χ3n) is 3.13. The summed E-state index contributed by atoms with van der Waals surface area (Å²) in [5.41, 5.74) is 0.644. The Balaban J connectivity index is 2.10. The summed E-state index contributed by atoms with van der Waals surface area (Å²) in [4.78, 5) is 10.8. The van der Waals surface area contributed by atoms with E-state index >= 15 is 0 Å². The molecule has 2 rings (SSSR count). The molecule has 0 unspecified atom stereocenters. The second kappa shape index (κ2) is 5.27. The Morgan fingerprint density at radius 2 is 2.12 bits per heavy atom. The number of carboxylic acid groups (broad SMARTS) is 1. The molecule has 17 heavy (non-hydrogen) atoms. The van der Waals surface area contributed by atoms with E-state index in [1.165, 1.54) is 12.1 Å². The van der Waals surface area contributed by atoms with E-state index in [-0.39, 0.29) is 5.56 Å². The van der Waals surface area contributed by atoms with Crippen LogP contribution < -0.4 is 0 Å². The molecule has 1 aromatic carbocycles. The van der Waals surface area contributed by atoms with E-state index < -0.39 is 11.8 Å². The number of ether oxygens (including phenoxy) is 1. The monoisotopic (exact) mass is 238 g/mol. The fourth-order valence-electron chi connectivity index (χ4n) is 2.15. The number of hydrogen-bond donors (Lipinski definition) is 1. The highest BCUT2D eigenvalue weighted by Gasteiger charge is 2.16. The molecular weight excluding hydrogens is 223 g/mol. The summed E-state index contributed by atoms with van der Waals surface area (Å²) in [7, 11) is 0. The van der Waals surface area contributed by atoms with Gasteiger partial charge >= 0.3 is 5.97 Å². The Hall–Kier alpha value is -1.42. The summed E-state index contributed by atoms with van der Waals surface area (Å²) in [6.07, 6.45) is 2.77. The number of hydrogen-bond acceptors (Lipinski definition) is 2. The first-order chi connectivity index (χ1) is 8.16. The van der Waals surface area contributed by atoms with Crippen LogP contribution in [0.2, 0.25) is 0 Å². The van der Waals surface area contributed by atoms with E-state index in [9.17, 15) is 9.18 Å². The van der Waals surface area contributed by atoms with Crippen LogP contribution in [0.4, 0.5) is 4.39 Å². The molecule has 92 valence electrons. The van der Waals surface area contributed by atoms with E-state index in [0.29, 0.717) is 5.92 Å². The first-order valence-electron chi connectivity index (χ1n) is 5.76. The average molecular weight is 238 g/mol. The fourth-order valence-corrected chi connectivity index (χ4v) is 2.15. The Morgan fingerprint density at radius 3 is 2.76 bits per heavy atom. The minimum Gasteiger partial charge on any atom is -0.478 e. The zero-order valence-corrected chi connectivity index (χ0v) is 9.49. The van der Waals surface area contributed by atoms with Gasteiger partial charge in [0, 0.05) is 13.2 Å². The van der Waals surface area contributed by atoms with E-state index in [2.05, 4.69) is 0 Å². The Bertz CT molecular complexity index is 411. The van der Waals surface area contributed by atoms with Gasteiger partial charge in [-0.05, 0) is 42.9 Å². The molecule has 0 bridgehead atoms. The van der Waals surface area contributed by atoms with Gasteiger partial charge < -0.3 is 9.84 Å². The van der Waals surface area contributed by atoms with Crippen molar-refractivity contribution in [1.29, 1.82) is 0 Å². The molecule has 1 N–H and O–H groups in total. The fraction of sp³-hybridized carbons (Fsp3) is 0.462. The molecule has 0 aromatic heterocycles. The van der Waals surface area contributed by atoms with Gasteiger partial charge in [0.1, 0.15) is 5.82 Å². The van der Waals surface area contributed by atoms with Crippen molar-refractivity contribution in [2.75, 3.05) is 13.2 Å². The molecule has 1 fully saturated rings. The molecular formula is C13H15FO3. The van der Waals surface area contributed by atoms with Crippen LogP contribution in [-0.2, 0) is 11.2 Å². The van der Waals surface area contributed by atoms with Crippen LogP contribution in [0.3, 0.4) is 0 Å². The van der Waals surface area contributed by atoms with Gasteiger partial charge in [-0.15, -0.1) is 0 Å². The third-order valence-corrected chi connectivity index (χ3v) is 3.13. The van der Waals surface area contributed by atoms with E-state index in [1.807, 2.05) is 0 Å². The first kappa shape index (κ1) is 12.0. The van der Waals surface area contributed by atoms with Crippen LogP contribution in [0.15, 0.2) is 18.2 Å². The van der Waals surface area contributed by atoms with Crippen LogP contribution in [0.5, 0.6) is 0 Å². The van der Waals surface area contributed by atoms with Crippen molar-refractivity contribution >= 4 is 5.97 Å². The van der Waals surface area contributed by atoms with Crippen molar-refractivity contribution in [1.82, 2.24) is 0 Å². The highest BCUT2D eigenvalue weighted by atomic mass is 19.1. The molecule has 0 spiro atoms. The van der Waals surface area contributed by atoms with Gasteiger partial charge in [-0.2, -0.15) is 0 Å². The quantitative estimate of drug-likeness (QED) is 0.880. The molecule has 1 heterocycles. The maximum absolute atomic E-state index is 13.2. The molecule has 0 aliphatic carbocycles. The number of aromatic carboxylic acids is 1. The number of carbonyl (C=O) groups is 1. The summed E-state index contributed by atoms with van der Waals surface area (Å²) in [5, 5.41) is 8.84. The Kier molecular flexibility index (Phi) is 3.74. The summed E-state index contributed by atoms with van der Waals surface area (Å²) in [6.45, 7) is 1.52. The van der Waals surface area contributed by atoms with Crippen LogP contribution in [0.1, 0.15) is 28.8 Å². The molecule has 0 radical (unpaired) electrons. The Labute approximate surface area is 99.2 Å². The molecule has 3 nitrogen and oxygen atoms in total. The zero-order valence-electron chi connectivity index (χ0n) is 9.49. The van der Waals surface area contributed by atoms with Crippen molar-refractivity contribution in [2.24, 2.45) is 5.92 Å². The second-order valence-corrected chi connectivity index (χ2v) is 4.38. The van der Waals surface area contributed by atoms with Crippen LogP contribution in [-0.4, -0.2) is 24.3 Å². The molecule has 4 heteroatoms. The summed E-state index contributed by atoms with van der Waals surface area (Å²) < 4.78 is 18.5. The van der Waals surface area contributed by atoms with Gasteiger partial charge in [-0.3, -0.25) is 0 Å². The van der Waals surface area contributed by atoms with Crippen molar-refractivity contribution in [3.8, 4) is 0 Å². The molecule has 0 saturated carbocycles. The van der Waals surface area contributed by atoms with Crippen molar-refractivity contribution in [3.05, 3.63) is 35.1 Å². The zero-order chi connectivity index (χ0) is 12.3. The molecule has 0 atom stereocenters. The molecule has 1 saturated heterocycles. The highest BCUT2D eigenvalue weighted by Crippen LogP contribution is 2.21. The molecule has 1 aliphatic heterocycles. The van der Waals surface area contributed by atoms with Crippen LogP contribution in [0.25, 0.3) is 0 Å². The lowest BCUT2D eigenvalue weighted by Crippen LogP contribution is -2.17. The standard InChI is InChI=1S/C13H15FO3/c14-12-2-1-10(8-11(12)13(15)16)7-9-3-5-17-6-4-9/h1-2,8-9H,3-7H2,(H,15,16). The second-order valence-electron chi connectivity index (χ2n) is 4.38. The smallest absolute Gasteiger partial charge is 0.338 e. The lowest BCUT2D eigenvalue weighted by molar-refractivity contribution is 0.0661. The number of carboxylic acids is 1. The maximum Gasteiger partial charge on any atom is 0.338 e. The first-order valence-corrected chi connectivity index (χ1v) is 5.76. The third kappa shape index (κ3) is 3.03. The summed E-state index contributed by atoms with van der Waals surface area (Å²) in [5.74, 6) is -1.37. The van der Waals surface area contributed by atoms with E-state index in [1.54, 1.807) is 6.07 Å². The minimum atomic E-state index is -1.21. The van der Waals surface area contributed by atoms with Gasteiger partial charge in [0.05, 0.1) is 5.56 Å². The molecule has 1 aliphatic rings. The Morgan fingerprint density at radius 1 is 1.41 bits per heavy atom. The SMILES string of the molecule is O=C(O)c1cc(CC2CCOCC2)ccc1F. The summed E-state index contributed by atoms with van der Waals surface area (Å²) >= 11 is 0. The number of halogens is 1. The van der Waals surface area contributed by atoms with Gasteiger partial charge in [-0.25, -0.2) is 9.18 Å². The van der Waals surface area contributed by atoms with Crippen molar-refractivity contribution in [2.45, 2.75) is 19.3 Å². The molecule has 1 aromatic rings. The van der Waals surface area contributed by atoms with Crippen LogP contribution in [0, 0.1) is 11.7 Å². The number of benzene rings is 1. The minimum absolute atomic E-state index is 0.241. The highest BCUT2D eigenvalue weighted by molar-refractivity contribution is 5.88. The number of rotatable bonds is 3.